The molecule has 4 aromatic rings. The number of aromatic nitrogens is 1. The molecule has 59 heavy (non-hydrogen) atoms. The van der Waals surface area contributed by atoms with E-state index in [-0.39, 0.29) is 41.8 Å². The normalized spacial score (nSPS) is 22.3. The summed E-state index contributed by atoms with van der Waals surface area (Å²) in [6.07, 6.45) is 3.84. The third kappa shape index (κ3) is 8.86. The zero-order valence-electron chi connectivity index (χ0n) is 33.8. The predicted octanol–water partition coefficient (Wildman–Crippen LogP) is 5.95. The van der Waals surface area contributed by atoms with E-state index in [0.717, 1.165) is 36.2 Å². The van der Waals surface area contributed by atoms with E-state index >= 15 is 0 Å². The van der Waals surface area contributed by atoms with E-state index in [1.807, 2.05) is 80.3 Å². The van der Waals surface area contributed by atoms with Crippen LogP contribution in [0.1, 0.15) is 59.3 Å². The maximum Gasteiger partial charge on any atom is 0.273 e. The molecule has 13 nitrogen and oxygen atoms in total. The minimum absolute atomic E-state index is 0.0128. The van der Waals surface area contributed by atoms with Gasteiger partial charge in [-0.15, -0.1) is 17.9 Å². The van der Waals surface area contributed by atoms with Crippen molar-refractivity contribution < 1.29 is 37.1 Å². The van der Waals surface area contributed by atoms with E-state index in [1.54, 1.807) is 18.6 Å². The van der Waals surface area contributed by atoms with Crippen LogP contribution in [-0.2, 0) is 29.2 Å². The highest BCUT2D eigenvalue weighted by Crippen LogP contribution is 2.46. The molecule has 2 N–H and O–H groups in total. The summed E-state index contributed by atoms with van der Waals surface area (Å²) < 4.78 is 40.6. The lowest BCUT2D eigenvalue weighted by atomic mass is 9.77. The Hall–Kier alpha value is -5.28. The molecule has 2 aromatic heterocycles. The lowest BCUT2D eigenvalue weighted by Crippen LogP contribution is -2.57. The van der Waals surface area contributed by atoms with Crippen LogP contribution in [0.4, 0.5) is 0 Å². The van der Waals surface area contributed by atoms with Crippen LogP contribution < -0.4 is 19.5 Å². The van der Waals surface area contributed by atoms with Gasteiger partial charge in [0.2, 0.25) is 17.7 Å². The summed E-state index contributed by atoms with van der Waals surface area (Å²) in [6.45, 7) is 10.8. The van der Waals surface area contributed by atoms with Crippen molar-refractivity contribution >= 4 is 55.9 Å². The van der Waals surface area contributed by atoms with Crippen molar-refractivity contribution in [2.24, 2.45) is 17.3 Å². The first-order valence-corrected chi connectivity index (χ1v) is 22.3. The molecule has 15 heteroatoms. The smallest absolute Gasteiger partial charge is 0.273 e. The number of hydrogen-bond acceptors (Lipinski definition) is 10. The summed E-state index contributed by atoms with van der Waals surface area (Å²) in [6, 6.07) is 18.8. The van der Waals surface area contributed by atoms with Gasteiger partial charge in [0.15, 0.2) is 0 Å². The number of nitrogens with one attached hydrogen (secondary N) is 2. The zero-order chi connectivity index (χ0) is 42.1. The molecule has 0 radical (unpaired) electrons. The maximum atomic E-state index is 14.9. The molecule has 2 aromatic carbocycles. The lowest BCUT2D eigenvalue weighted by molar-refractivity contribution is -0.148. The number of carbonyl (C=O) groups excluding carboxylic acids is 4. The van der Waals surface area contributed by atoms with Crippen molar-refractivity contribution in [1.29, 1.82) is 0 Å². The number of ether oxygens (including phenoxy) is 2. The Morgan fingerprint density at radius 3 is 2.42 bits per heavy atom. The van der Waals surface area contributed by atoms with Gasteiger partial charge in [0.1, 0.15) is 33.4 Å². The van der Waals surface area contributed by atoms with Gasteiger partial charge in [-0.2, -0.15) is 0 Å². The first-order valence-electron chi connectivity index (χ1n) is 20.0. The number of hydrogen-bond donors (Lipinski definition) is 2. The molecule has 3 aliphatic rings. The molecule has 1 aliphatic carbocycles. The van der Waals surface area contributed by atoms with Crippen molar-refractivity contribution in [3.05, 3.63) is 84.8 Å². The van der Waals surface area contributed by atoms with Gasteiger partial charge < -0.3 is 24.6 Å². The molecule has 4 heterocycles. The molecule has 0 bridgehead atoms. The fourth-order valence-corrected chi connectivity index (χ4v) is 10.2. The Balaban J connectivity index is 1.22. The third-order valence-electron chi connectivity index (χ3n) is 11.7. The van der Waals surface area contributed by atoms with Gasteiger partial charge in [-0.05, 0) is 54.7 Å². The van der Waals surface area contributed by atoms with Gasteiger partial charge in [0.25, 0.3) is 15.9 Å². The topological polar surface area (TPSA) is 164 Å². The molecule has 3 fully saturated rings. The quantitative estimate of drug-likeness (QED) is 0.155. The highest BCUT2D eigenvalue weighted by Gasteiger charge is 2.61. The molecule has 2 aliphatic heterocycles. The number of carbonyl (C=O) groups is 4. The monoisotopic (exact) mass is 841 g/mol. The van der Waals surface area contributed by atoms with E-state index in [1.165, 1.54) is 17.0 Å². The van der Waals surface area contributed by atoms with Crippen molar-refractivity contribution in [1.82, 2.24) is 24.8 Å². The number of rotatable bonds is 13. The van der Waals surface area contributed by atoms with Gasteiger partial charge in [-0.1, -0.05) is 63.2 Å². The summed E-state index contributed by atoms with van der Waals surface area (Å²) in [4.78, 5) is 65.2. The largest absolute Gasteiger partial charge is 0.497 e. The van der Waals surface area contributed by atoms with Crippen molar-refractivity contribution in [3.8, 4) is 22.8 Å². The van der Waals surface area contributed by atoms with Crippen LogP contribution in [0.25, 0.3) is 22.2 Å². The number of nitrogens with zero attached hydrogens (tertiary/aromatic N) is 3. The highest BCUT2D eigenvalue weighted by atomic mass is 32.2. The maximum absolute atomic E-state index is 14.9. The first kappa shape index (κ1) is 41.9. The van der Waals surface area contributed by atoms with Crippen LogP contribution >= 0.6 is 11.3 Å². The van der Waals surface area contributed by atoms with Crippen molar-refractivity contribution in [2.45, 2.75) is 81.2 Å². The Morgan fingerprint density at radius 2 is 1.78 bits per heavy atom. The standard InChI is InChI=1S/C44H51N5O8S2/c1-6-29-26-44(29,42(53)47-59(54,55)39-16-13-21-58-39)46-40(51)36-23-31(27-49(36)41(52)33(43(2,3)4)24-38(50)48-19-11-8-12-20-48)57-37-25-34(28-14-9-7-10-15-28)45-35-22-30(56-5)17-18-32(35)37/h6-7,9-10,13-18,21-22,25,29,31,33,36H,1,8,11-12,19-20,23-24,26-27H2,2-5H3,(H,46,51)(H,47,53)/t29-,31-,33-,36+,44-/m1/s1. The average Bonchev–Trinajstić information content (AvgIpc) is 3.51. The Morgan fingerprint density at radius 1 is 1.03 bits per heavy atom. The Labute approximate surface area is 349 Å². The molecule has 312 valence electrons. The number of benzene rings is 2. The minimum atomic E-state index is -4.21. The lowest BCUT2D eigenvalue weighted by Gasteiger charge is -2.36. The highest BCUT2D eigenvalue weighted by molar-refractivity contribution is 7.92. The van der Waals surface area contributed by atoms with E-state index in [4.69, 9.17) is 14.5 Å². The predicted molar refractivity (Wildman–Crippen MR) is 225 cm³/mol. The second-order valence-electron chi connectivity index (χ2n) is 16.7. The number of likely N-dealkylation sites (tertiary alicyclic amines) is 2. The molecule has 4 amide bonds. The van der Waals surface area contributed by atoms with Crippen LogP contribution in [0.5, 0.6) is 11.5 Å². The summed E-state index contributed by atoms with van der Waals surface area (Å²) in [7, 11) is -2.63. The molecule has 1 saturated carbocycles. The van der Waals surface area contributed by atoms with Gasteiger partial charge in [-0.25, -0.2) is 18.1 Å². The van der Waals surface area contributed by atoms with Crippen molar-refractivity contribution in [3.63, 3.8) is 0 Å². The van der Waals surface area contributed by atoms with Crippen molar-refractivity contribution in [2.75, 3.05) is 26.7 Å². The van der Waals surface area contributed by atoms with Gasteiger partial charge in [-0.3, -0.25) is 19.2 Å². The number of amides is 4. The first-order chi connectivity index (χ1) is 28.1. The molecule has 5 atom stereocenters. The fraction of sp³-hybridized carbons (Fsp3) is 0.432. The van der Waals surface area contributed by atoms with Gasteiger partial charge >= 0.3 is 0 Å². The molecule has 0 spiro atoms. The summed E-state index contributed by atoms with van der Waals surface area (Å²) in [5.74, 6) is -2.23. The second-order valence-corrected chi connectivity index (χ2v) is 19.5. The van der Waals surface area contributed by atoms with Crippen LogP contribution in [0, 0.1) is 17.3 Å². The number of fused-ring (bicyclic) bond motifs is 1. The molecular formula is C44H51N5O8S2. The van der Waals surface area contributed by atoms with Crippen LogP contribution in [-0.4, -0.2) is 91.3 Å². The molecule has 2 saturated heterocycles. The Kier molecular flexibility index (Phi) is 11.9. The fourth-order valence-electron chi connectivity index (χ4n) is 8.14. The SMILES string of the molecule is C=C[C@@H]1C[C@]1(NC(=O)[C@@H]1C[C@@H](Oc2cc(-c3ccccc3)nc3cc(OC)ccc23)CN1C(=O)[C@@H](CC(=O)N1CCCCC1)C(C)(C)C)C(=O)NS(=O)(=O)c1cccs1. The number of pyridine rings is 1. The number of methoxy groups -OCH3 is 1. The third-order valence-corrected chi connectivity index (χ3v) is 14.4. The van der Waals surface area contributed by atoms with E-state index < -0.39 is 56.8 Å². The molecule has 7 rings (SSSR count). The van der Waals surface area contributed by atoms with Crippen LogP contribution in [0.3, 0.4) is 0 Å². The van der Waals surface area contributed by atoms with Crippen LogP contribution in [0.15, 0.2) is 89.0 Å². The van der Waals surface area contributed by atoms with E-state index in [2.05, 4.69) is 16.6 Å². The summed E-state index contributed by atoms with van der Waals surface area (Å²) in [5, 5.41) is 5.14. The van der Waals surface area contributed by atoms with Gasteiger partial charge in [0.05, 0.1) is 30.8 Å². The minimum Gasteiger partial charge on any atom is -0.497 e. The van der Waals surface area contributed by atoms with E-state index in [9.17, 15) is 27.6 Å². The molecule has 0 unspecified atom stereocenters. The van der Waals surface area contributed by atoms with E-state index in [0.29, 0.717) is 41.2 Å². The second kappa shape index (κ2) is 16.8. The Bertz CT molecular complexity index is 2340. The summed E-state index contributed by atoms with van der Waals surface area (Å²) >= 11 is 0.962. The van der Waals surface area contributed by atoms with Gasteiger partial charge in [0, 0.05) is 54.9 Å². The number of sulfonamides is 1. The number of piperidine rings is 1. The molecular weight excluding hydrogens is 791 g/mol. The van der Waals surface area contributed by atoms with Crippen LogP contribution in [0.2, 0.25) is 0 Å². The average molecular weight is 842 g/mol. The number of thiophene rings is 1. The summed E-state index contributed by atoms with van der Waals surface area (Å²) in [5.41, 5.74) is -0.121. The zero-order valence-corrected chi connectivity index (χ0v) is 35.4.